The maximum atomic E-state index is 14.0. The summed E-state index contributed by atoms with van der Waals surface area (Å²) in [6.45, 7) is 2.76. The number of aromatic nitrogens is 1. The van der Waals surface area contributed by atoms with Gasteiger partial charge >= 0.3 is 0 Å². The maximum Gasteiger partial charge on any atom is 0.214 e. The van der Waals surface area contributed by atoms with E-state index in [-0.39, 0.29) is 28.6 Å². The van der Waals surface area contributed by atoms with Crippen LogP contribution in [0.5, 0.6) is 0 Å². The Morgan fingerprint density at radius 2 is 1.89 bits per heavy atom. The zero-order chi connectivity index (χ0) is 25.2. The summed E-state index contributed by atoms with van der Waals surface area (Å²) in [5.74, 6) is -2.85. The second-order valence-corrected chi connectivity index (χ2v) is 12.0. The number of benzene rings is 1. The van der Waals surface area contributed by atoms with Crippen LogP contribution in [0, 0.1) is 11.6 Å². The number of thiazole rings is 1. The second kappa shape index (κ2) is 10.8. The van der Waals surface area contributed by atoms with Crippen LogP contribution in [0.4, 0.5) is 19.7 Å². The number of β-amino-alcohol motifs (C(OH)–C–C–N with tert-alkyl or cyclic N) is 1. The van der Waals surface area contributed by atoms with Gasteiger partial charge in [0.05, 0.1) is 17.4 Å². The van der Waals surface area contributed by atoms with Crippen LogP contribution in [0.2, 0.25) is 0 Å². The summed E-state index contributed by atoms with van der Waals surface area (Å²) >= 11 is 0.919. The third-order valence-electron chi connectivity index (χ3n) is 6.35. The number of nitrogens with zero attached hydrogens (tertiary/aromatic N) is 3. The van der Waals surface area contributed by atoms with Crippen molar-refractivity contribution in [3.8, 4) is 0 Å². The minimum Gasteiger partial charge on any atom is -0.392 e. The van der Waals surface area contributed by atoms with E-state index < -0.39 is 33.0 Å². The van der Waals surface area contributed by atoms with Gasteiger partial charge in [-0.15, -0.1) is 0 Å². The minimum absolute atomic E-state index is 0.0537. The minimum atomic E-state index is -3.37. The molecule has 0 spiro atoms. The predicted octanol–water partition coefficient (Wildman–Crippen LogP) is 1.90. The highest BCUT2D eigenvalue weighted by Crippen LogP contribution is 2.30. The molecular weight excluding hydrogens is 500 g/mol. The van der Waals surface area contributed by atoms with Crippen molar-refractivity contribution in [3.05, 3.63) is 40.3 Å². The average Bonchev–Trinajstić information content (AvgIpc) is 3.38. The van der Waals surface area contributed by atoms with Crippen molar-refractivity contribution in [2.75, 3.05) is 49.5 Å². The van der Waals surface area contributed by atoms with Gasteiger partial charge in [-0.3, -0.25) is 4.79 Å². The van der Waals surface area contributed by atoms with E-state index in [0.29, 0.717) is 50.6 Å². The van der Waals surface area contributed by atoms with E-state index in [4.69, 9.17) is 5.73 Å². The molecule has 3 heterocycles. The number of carbonyl (C=O) groups excluding carboxylic acids is 1. The second-order valence-electron chi connectivity index (χ2n) is 8.89. The number of aliphatic hydroxyl groups is 1. The monoisotopic (exact) mass is 529 g/mol. The lowest BCUT2D eigenvalue weighted by molar-refractivity contribution is 0.103. The Balaban J connectivity index is 1.29. The molecule has 2 aromatic rings. The number of nitrogen functional groups attached to an aromatic ring is 1. The largest absolute Gasteiger partial charge is 0.392 e. The number of ketones is 1. The molecule has 1 unspecified atom stereocenters. The maximum absolute atomic E-state index is 14.0. The molecule has 2 aliphatic heterocycles. The first-order chi connectivity index (χ1) is 16.6. The molecule has 192 valence electrons. The SMILES string of the molecule is Nc1nc(NC2CCN(S(=O)(=O)CCCN3CCC(O)C3)CC2)sc1C(=O)c1c(F)cccc1F. The average molecular weight is 530 g/mol. The van der Waals surface area contributed by atoms with Gasteiger partial charge < -0.3 is 21.1 Å². The van der Waals surface area contributed by atoms with Crippen LogP contribution in [0.15, 0.2) is 18.2 Å². The van der Waals surface area contributed by atoms with E-state index in [2.05, 4.69) is 15.2 Å². The topological polar surface area (TPSA) is 129 Å². The fourth-order valence-electron chi connectivity index (χ4n) is 4.45. The molecule has 1 atom stereocenters. The quantitative estimate of drug-likeness (QED) is 0.420. The van der Waals surface area contributed by atoms with Gasteiger partial charge in [0.1, 0.15) is 22.3 Å². The van der Waals surface area contributed by atoms with Crippen LogP contribution in [0.1, 0.15) is 40.9 Å². The molecule has 0 saturated carbocycles. The third-order valence-corrected chi connectivity index (χ3v) is 9.31. The number of aliphatic hydroxyl groups excluding tert-OH is 1. The van der Waals surface area contributed by atoms with Crippen molar-refractivity contribution in [1.82, 2.24) is 14.2 Å². The molecule has 0 bridgehead atoms. The first-order valence-electron chi connectivity index (χ1n) is 11.5. The number of anilines is 2. The van der Waals surface area contributed by atoms with Crippen molar-refractivity contribution >= 4 is 38.1 Å². The molecule has 0 radical (unpaired) electrons. The van der Waals surface area contributed by atoms with Crippen LogP contribution >= 0.6 is 11.3 Å². The highest BCUT2D eigenvalue weighted by atomic mass is 32.2. The van der Waals surface area contributed by atoms with E-state index in [1.807, 2.05) is 0 Å². The molecule has 1 aromatic carbocycles. The van der Waals surface area contributed by atoms with E-state index in [0.717, 1.165) is 36.4 Å². The lowest BCUT2D eigenvalue weighted by atomic mass is 10.1. The Kier molecular flexibility index (Phi) is 8.01. The number of nitrogens with two attached hydrogens (primary N) is 1. The Morgan fingerprint density at radius 1 is 1.20 bits per heavy atom. The van der Waals surface area contributed by atoms with E-state index in [1.165, 1.54) is 10.4 Å². The number of nitrogens with one attached hydrogen (secondary N) is 1. The summed E-state index contributed by atoms with van der Waals surface area (Å²) in [4.78, 5) is 18.8. The number of halogens is 2. The third kappa shape index (κ3) is 6.15. The van der Waals surface area contributed by atoms with E-state index >= 15 is 0 Å². The summed E-state index contributed by atoms with van der Waals surface area (Å²) in [6.07, 6.45) is 2.02. The molecule has 1 aromatic heterocycles. The van der Waals surface area contributed by atoms with Crippen molar-refractivity contribution in [3.63, 3.8) is 0 Å². The molecule has 0 amide bonds. The zero-order valence-corrected chi connectivity index (χ0v) is 20.8. The Hall–Kier alpha value is -2.19. The van der Waals surface area contributed by atoms with Gasteiger partial charge in [0.25, 0.3) is 0 Å². The van der Waals surface area contributed by atoms with E-state index in [1.54, 1.807) is 0 Å². The highest BCUT2D eigenvalue weighted by Gasteiger charge is 2.30. The number of sulfonamides is 1. The number of hydrogen-bond donors (Lipinski definition) is 3. The normalized spacial score (nSPS) is 20.4. The first-order valence-corrected chi connectivity index (χ1v) is 14.0. The Morgan fingerprint density at radius 3 is 2.51 bits per heavy atom. The zero-order valence-electron chi connectivity index (χ0n) is 19.1. The fraction of sp³-hybridized carbons (Fsp3) is 0.545. The van der Waals surface area contributed by atoms with Gasteiger partial charge in [-0.2, -0.15) is 0 Å². The number of carbonyl (C=O) groups is 1. The van der Waals surface area contributed by atoms with Gasteiger partial charge in [0.2, 0.25) is 15.8 Å². The standard InChI is InChI=1S/C22H29F2N5O4S2/c23-16-3-1-4-17(24)18(16)19(31)20-21(25)27-22(34-20)26-14-5-10-29(11-6-14)35(32,33)12-2-8-28-9-7-15(30)13-28/h1,3-4,14-15,30H,2,5-13,25H2,(H,26,27). The molecule has 13 heteroatoms. The molecule has 2 saturated heterocycles. The van der Waals surface area contributed by atoms with Crippen LogP contribution in [-0.4, -0.2) is 84.1 Å². The molecule has 35 heavy (non-hydrogen) atoms. The van der Waals surface area contributed by atoms with Crippen molar-refractivity contribution < 1.29 is 27.1 Å². The van der Waals surface area contributed by atoms with Crippen molar-refractivity contribution in [2.24, 2.45) is 0 Å². The summed E-state index contributed by atoms with van der Waals surface area (Å²) in [5, 5.41) is 13.1. The lowest BCUT2D eigenvalue weighted by Crippen LogP contribution is -2.43. The molecule has 4 N–H and O–H groups in total. The van der Waals surface area contributed by atoms with Gasteiger partial charge in [0.15, 0.2) is 5.13 Å². The summed E-state index contributed by atoms with van der Waals surface area (Å²) in [5.41, 5.74) is 5.18. The van der Waals surface area contributed by atoms with Crippen molar-refractivity contribution in [1.29, 1.82) is 0 Å². The summed E-state index contributed by atoms with van der Waals surface area (Å²) in [6, 6.07) is 3.11. The number of rotatable bonds is 9. The highest BCUT2D eigenvalue weighted by molar-refractivity contribution is 7.89. The lowest BCUT2D eigenvalue weighted by Gasteiger charge is -2.31. The smallest absolute Gasteiger partial charge is 0.214 e. The number of piperidine rings is 1. The summed E-state index contributed by atoms with van der Waals surface area (Å²) < 4.78 is 54.9. The molecule has 2 aliphatic rings. The van der Waals surface area contributed by atoms with Gasteiger partial charge in [-0.05, 0) is 44.4 Å². The Labute approximate surface area is 207 Å². The fourth-order valence-corrected chi connectivity index (χ4v) is 6.88. The van der Waals surface area contributed by atoms with Crippen LogP contribution in [0.25, 0.3) is 0 Å². The predicted molar refractivity (Wildman–Crippen MR) is 130 cm³/mol. The van der Waals surface area contributed by atoms with Gasteiger partial charge in [-0.25, -0.2) is 26.5 Å². The molecule has 2 fully saturated rings. The number of likely N-dealkylation sites (tertiary alicyclic amines) is 1. The molecular formula is C22H29F2N5O4S2. The van der Waals surface area contributed by atoms with Gasteiger partial charge in [-0.1, -0.05) is 17.4 Å². The Bertz CT molecular complexity index is 1150. The number of hydrogen-bond acceptors (Lipinski definition) is 9. The first kappa shape index (κ1) is 25.9. The molecule has 9 nitrogen and oxygen atoms in total. The van der Waals surface area contributed by atoms with Crippen LogP contribution in [0.3, 0.4) is 0 Å². The molecule has 4 rings (SSSR count). The molecule has 0 aliphatic carbocycles. The van der Waals surface area contributed by atoms with E-state index in [9.17, 15) is 27.1 Å². The van der Waals surface area contributed by atoms with Crippen molar-refractivity contribution in [2.45, 2.75) is 37.8 Å². The summed E-state index contributed by atoms with van der Waals surface area (Å²) in [7, 11) is -3.37. The van der Waals surface area contributed by atoms with Crippen LogP contribution < -0.4 is 11.1 Å². The van der Waals surface area contributed by atoms with Gasteiger partial charge in [0, 0.05) is 32.2 Å². The van der Waals surface area contributed by atoms with Crippen LogP contribution in [-0.2, 0) is 10.0 Å².